The summed E-state index contributed by atoms with van der Waals surface area (Å²) >= 11 is 1.74. The molecule has 4 aromatic rings. The number of rotatable bonds is 2. The maximum atomic E-state index is 2.68. The van der Waals surface area contributed by atoms with Gasteiger partial charge in [-0.3, -0.25) is 0 Å². The van der Waals surface area contributed by atoms with Crippen LogP contribution in [0.1, 0.15) is 54.1 Å². The number of hydrogen-bond acceptors (Lipinski definition) is 0. The van der Waals surface area contributed by atoms with Gasteiger partial charge in [-0.2, -0.15) is 0 Å². The minimum atomic E-state index is -1.78. The van der Waals surface area contributed by atoms with Gasteiger partial charge in [-0.05, 0) is 0 Å². The van der Waals surface area contributed by atoms with E-state index in [1.54, 1.807) is 46.2 Å². The van der Waals surface area contributed by atoms with Crippen molar-refractivity contribution in [3.63, 3.8) is 0 Å². The Morgan fingerprint density at radius 3 is 1.88 bits per heavy atom. The molecule has 0 N–H and O–H groups in total. The van der Waals surface area contributed by atoms with Crippen LogP contribution < -0.4 is 24.8 Å². The molecule has 4 heteroatoms. The van der Waals surface area contributed by atoms with Crippen molar-refractivity contribution in [3.8, 4) is 0 Å². The van der Waals surface area contributed by atoms with Gasteiger partial charge >= 0.3 is 207 Å². The summed E-state index contributed by atoms with van der Waals surface area (Å²) in [6, 6.07) is 27.4. The second kappa shape index (κ2) is 9.21. The van der Waals surface area contributed by atoms with Crippen molar-refractivity contribution >= 4 is 38.4 Å². The van der Waals surface area contributed by atoms with E-state index in [2.05, 4.69) is 106 Å². The van der Waals surface area contributed by atoms with Crippen LogP contribution in [-0.4, -0.2) is 5.20 Å². The number of halogens is 2. The molecule has 0 radical (unpaired) electrons. The molecule has 4 aromatic carbocycles. The molecule has 0 fully saturated rings. The second-order valence-electron chi connectivity index (χ2n) is 9.88. The molecule has 0 heterocycles. The Labute approximate surface area is 230 Å². The molecule has 6 rings (SSSR count). The number of hydrogen-bond donors (Lipinski definition) is 0. The molecule has 3 atom stereocenters. The molecule has 34 heavy (non-hydrogen) atoms. The average molecular weight is 578 g/mol. The summed E-state index contributed by atoms with van der Waals surface area (Å²) in [5.41, 5.74) is 12.0. The number of allylic oxidation sites excluding steroid dienone is 3. The first-order valence-corrected chi connectivity index (χ1v) is 17.9. The summed E-state index contributed by atoms with van der Waals surface area (Å²) < 4.78 is 0. The van der Waals surface area contributed by atoms with Gasteiger partial charge < -0.3 is 24.8 Å². The molecular formula is C30H27Cl2SiZr. The Morgan fingerprint density at radius 1 is 0.676 bits per heavy atom. The predicted molar refractivity (Wildman–Crippen MR) is 137 cm³/mol. The fourth-order valence-electron chi connectivity index (χ4n) is 6.58. The van der Waals surface area contributed by atoms with Crippen molar-refractivity contribution in [2.24, 2.45) is 0 Å². The van der Waals surface area contributed by atoms with Crippen LogP contribution in [-0.2, 0) is 23.9 Å². The van der Waals surface area contributed by atoms with E-state index in [0.29, 0.717) is 11.1 Å². The molecule has 2 aliphatic rings. The van der Waals surface area contributed by atoms with Crippen molar-refractivity contribution in [3.05, 3.63) is 106 Å². The van der Waals surface area contributed by atoms with Gasteiger partial charge in [0.1, 0.15) is 0 Å². The van der Waals surface area contributed by atoms with Gasteiger partial charge in [0.05, 0.1) is 0 Å². The standard InChI is InChI=1S/C30H27Si.2ClH.Zr/c1-18-17-23-14-13-21-9-5-7-11-25(21)27(23)29(18)31(4)30-20(3)19(2)24-16-15-22-10-6-8-12-26(22)28(24)30;;;/h5-17,29-30H,1-4H3;2*1H;/q;;;+2/p-2. The monoisotopic (exact) mass is 575 g/mol. The molecule has 0 aliphatic heterocycles. The molecule has 169 valence electrons. The van der Waals surface area contributed by atoms with Crippen molar-refractivity contribution in [1.82, 2.24) is 0 Å². The van der Waals surface area contributed by atoms with Crippen LogP contribution in [0.2, 0.25) is 6.55 Å². The zero-order valence-electron chi connectivity index (χ0n) is 19.9. The fourth-order valence-corrected chi connectivity index (χ4v) is 16.3. The zero-order valence-corrected chi connectivity index (χ0v) is 24.9. The summed E-state index contributed by atoms with van der Waals surface area (Å²) in [5.74, 6) is 0. The molecule has 0 saturated carbocycles. The number of fused-ring (bicyclic) bond motifs is 6. The van der Waals surface area contributed by atoms with Gasteiger partial charge in [-0.25, -0.2) is 0 Å². The van der Waals surface area contributed by atoms with Gasteiger partial charge in [-0.1, -0.05) is 0 Å². The largest absolute Gasteiger partial charge is 1.00 e. The van der Waals surface area contributed by atoms with Gasteiger partial charge in [0.25, 0.3) is 0 Å². The smallest absolute Gasteiger partial charge is 1.00 e. The Balaban J connectivity index is 0.00000137. The van der Waals surface area contributed by atoms with Crippen LogP contribution in [0, 0.1) is 0 Å². The van der Waals surface area contributed by atoms with Crippen molar-refractivity contribution in [1.29, 1.82) is 0 Å². The summed E-state index contributed by atoms with van der Waals surface area (Å²) in [6.07, 6.45) is 2.48. The Kier molecular flexibility index (Phi) is 6.95. The molecule has 0 saturated heterocycles. The minimum Gasteiger partial charge on any atom is -1.00 e. The maximum absolute atomic E-state index is 2.68. The Hall–Kier alpha value is -1.44. The SMILES string of the molecule is CC1=Cc2ccc3ccccc3c2C1[Si](C)([Zr+2])C1C(C)=C(C)c2ccc3ccccc3c21.[Cl-].[Cl-]. The normalized spacial score (nSPS) is 20.4. The van der Waals surface area contributed by atoms with E-state index < -0.39 is 5.20 Å². The minimum absolute atomic E-state index is 0. The quantitative estimate of drug-likeness (QED) is 0.321. The predicted octanol–water partition coefficient (Wildman–Crippen LogP) is 2.29. The third-order valence-corrected chi connectivity index (χ3v) is 16.1. The van der Waals surface area contributed by atoms with E-state index in [9.17, 15) is 0 Å². The molecule has 0 nitrogen and oxygen atoms in total. The Bertz CT molecular complexity index is 1500. The number of benzene rings is 4. The molecular weight excluding hydrogens is 551 g/mol. The summed E-state index contributed by atoms with van der Waals surface area (Å²) in [6.45, 7) is 9.84. The van der Waals surface area contributed by atoms with E-state index in [1.165, 1.54) is 38.2 Å². The molecule has 2 aliphatic carbocycles. The van der Waals surface area contributed by atoms with Crippen molar-refractivity contribution < 1.29 is 48.7 Å². The average Bonchev–Trinajstić information content (AvgIpc) is 3.28. The molecule has 0 bridgehead atoms. The first-order valence-electron chi connectivity index (χ1n) is 11.5. The molecule has 0 aromatic heterocycles. The van der Waals surface area contributed by atoms with Crippen molar-refractivity contribution in [2.75, 3.05) is 0 Å². The van der Waals surface area contributed by atoms with Gasteiger partial charge in [0.2, 0.25) is 0 Å². The first kappa shape index (κ1) is 25.6. The topological polar surface area (TPSA) is 0 Å². The first-order chi connectivity index (χ1) is 15.4. The molecule has 3 unspecified atom stereocenters. The fraction of sp³-hybridized carbons (Fsp3) is 0.200. The van der Waals surface area contributed by atoms with Crippen molar-refractivity contribution in [2.45, 2.75) is 38.4 Å². The molecule has 0 spiro atoms. The second-order valence-corrected chi connectivity index (χ2v) is 21.5. The van der Waals surface area contributed by atoms with Gasteiger partial charge in [0, 0.05) is 0 Å². The summed E-state index contributed by atoms with van der Waals surface area (Å²) in [4.78, 5) is 0. The third-order valence-electron chi connectivity index (χ3n) is 8.02. The van der Waals surface area contributed by atoms with Crippen LogP contribution >= 0.6 is 0 Å². The zero-order chi connectivity index (χ0) is 22.2. The van der Waals surface area contributed by atoms with E-state index in [4.69, 9.17) is 0 Å². The van der Waals surface area contributed by atoms with E-state index in [0.717, 1.165) is 0 Å². The van der Waals surface area contributed by atoms with Crippen LogP contribution in [0.25, 0.3) is 33.2 Å². The van der Waals surface area contributed by atoms with E-state index >= 15 is 0 Å². The summed E-state index contributed by atoms with van der Waals surface area (Å²) in [7, 11) is 0. The van der Waals surface area contributed by atoms with Crippen LogP contribution in [0.4, 0.5) is 0 Å². The maximum Gasteiger partial charge on any atom is -1.00 e. The van der Waals surface area contributed by atoms with E-state index in [-0.39, 0.29) is 24.8 Å². The van der Waals surface area contributed by atoms with Crippen LogP contribution in [0.3, 0.4) is 0 Å². The van der Waals surface area contributed by atoms with E-state index in [1.807, 2.05) is 0 Å². The molecule has 0 amide bonds. The van der Waals surface area contributed by atoms with Crippen LogP contribution in [0.5, 0.6) is 0 Å². The van der Waals surface area contributed by atoms with Gasteiger partial charge in [0.15, 0.2) is 0 Å². The summed E-state index contributed by atoms with van der Waals surface area (Å²) in [5, 5.41) is 3.90. The van der Waals surface area contributed by atoms with Gasteiger partial charge in [-0.15, -0.1) is 0 Å². The Morgan fingerprint density at radius 2 is 1.24 bits per heavy atom. The third kappa shape index (κ3) is 3.56. The van der Waals surface area contributed by atoms with Crippen LogP contribution in [0.15, 0.2) is 83.9 Å².